The first-order valence-corrected chi connectivity index (χ1v) is 6.92. The summed E-state index contributed by atoms with van der Waals surface area (Å²) in [5.41, 5.74) is 3.39. The first-order valence-electron chi connectivity index (χ1n) is 6.38. The second kappa shape index (κ2) is 6.53. The van der Waals surface area contributed by atoms with Crippen LogP contribution in [0.4, 0.5) is 5.82 Å². The van der Waals surface area contributed by atoms with Crippen LogP contribution in [0.25, 0.3) is 0 Å². The van der Waals surface area contributed by atoms with Gasteiger partial charge in [0.15, 0.2) is 0 Å². The van der Waals surface area contributed by atoms with Crippen molar-refractivity contribution >= 4 is 17.4 Å². The highest BCUT2D eigenvalue weighted by molar-refractivity contribution is 6.17. The number of halogens is 1. The third-order valence-electron chi connectivity index (χ3n) is 2.93. The van der Waals surface area contributed by atoms with E-state index in [1.54, 1.807) is 6.33 Å². The van der Waals surface area contributed by atoms with Crippen molar-refractivity contribution in [2.45, 2.75) is 32.2 Å². The van der Waals surface area contributed by atoms with E-state index in [-0.39, 0.29) is 0 Å². The molecule has 0 amide bonds. The fraction of sp³-hybridized carbons (Fsp3) is 0.333. The van der Waals surface area contributed by atoms with E-state index in [0.717, 1.165) is 23.6 Å². The van der Waals surface area contributed by atoms with Gasteiger partial charge in [-0.2, -0.15) is 0 Å². The van der Waals surface area contributed by atoms with Gasteiger partial charge in [0.1, 0.15) is 12.1 Å². The van der Waals surface area contributed by atoms with Crippen molar-refractivity contribution in [3.63, 3.8) is 0 Å². The Morgan fingerprint density at radius 2 is 1.79 bits per heavy atom. The molecule has 0 atom stereocenters. The zero-order valence-electron chi connectivity index (χ0n) is 11.2. The Bertz CT molecular complexity index is 523. The van der Waals surface area contributed by atoms with Crippen LogP contribution in [0.3, 0.4) is 0 Å². The van der Waals surface area contributed by atoms with Gasteiger partial charge in [-0.1, -0.05) is 38.1 Å². The van der Waals surface area contributed by atoms with Gasteiger partial charge < -0.3 is 5.32 Å². The van der Waals surface area contributed by atoms with Gasteiger partial charge in [0.05, 0.1) is 0 Å². The number of benzene rings is 1. The Balaban J connectivity index is 1.99. The molecular weight excluding hydrogens is 258 g/mol. The van der Waals surface area contributed by atoms with E-state index in [1.165, 1.54) is 5.56 Å². The summed E-state index contributed by atoms with van der Waals surface area (Å²) in [6.07, 6.45) is 1.61. The molecule has 1 N–H and O–H groups in total. The van der Waals surface area contributed by atoms with Crippen LogP contribution in [-0.4, -0.2) is 9.97 Å². The molecule has 0 aliphatic carbocycles. The normalized spacial score (nSPS) is 10.7. The van der Waals surface area contributed by atoms with Gasteiger partial charge in [-0.25, -0.2) is 9.97 Å². The number of anilines is 1. The summed E-state index contributed by atoms with van der Waals surface area (Å²) in [4.78, 5) is 8.48. The average Bonchev–Trinajstić information content (AvgIpc) is 2.46. The van der Waals surface area contributed by atoms with Gasteiger partial charge in [0.25, 0.3) is 0 Å². The molecule has 0 radical (unpaired) electrons. The summed E-state index contributed by atoms with van der Waals surface area (Å²) in [6, 6.07) is 10.2. The predicted octanol–water partition coefficient (Wildman–Crippen LogP) is 3.95. The van der Waals surface area contributed by atoms with Gasteiger partial charge in [-0.15, -0.1) is 11.6 Å². The molecule has 0 saturated heterocycles. The van der Waals surface area contributed by atoms with Crippen LogP contribution < -0.4 is 5.32 Å². The van der Waals surface area contributed by atoms with E-state index in [1.807, 2.05) is 18.2 Å². The molecule has 0 bridgehead atoms. The molecule has 1 heterocycles. The summed E-state index contributed by atoms with van der Waals surface area (Å²) in [7, 11) is 0. The Morgan fingerprint density at radius 3 is 2.42 bits per heavy atom. The fourth-order valence-electron chi connectivity index (χ4n) is 1.72. The minimum absolute atomic E-state index is 0.409. The fourth-order valence-corrected chi connectivity index (χ4v) is 1.90. The number of hydrogen-bond donors (Lipinski definition) is 1. The maximum atomic E-state index is 5.77. The molecule has 0 aliphatic rings. The van der Waals surface area contributed by atoms with Gasteiger partial charge in [-0.3, -0.25) is 0 Å². The molecule has 0 aliphatic heterocycles. The Kier molecular flexibility index (Phi) is 4.74. The van der Waals surface area contributed by atoms with Crippen LogP contribution in [0.15, 0.2) is 36.7 Å². The number of nitrogens with zero attached hydrogens (tertiary/aromatic N) is 2. The Morgan fingerprint density at radius 1 is 1.11 bits per heavy atom. The molecule has 2 aromatic rings. The molecule has 4 heteroatoms. The zero-order valence-corrected chi connectivity index (χ0v) is 12.0. The smallest absolute Gasteiger partial charge is 0.129 e. The molecule has 0 unspecified atom stereocenters. The van der Waals surface area contributed by atoms with Crippen LogP contribution >= 0.6 is 11.6 Å². The van der Waals surface area contributed by atoms with Crippen LogP contribution in [0.1, 0.15) is 36.6 Å². The van der Waals surface area contributed by atoms with Crippen molar-refractivity contribution in [3.8, 4) is 0 Å². The number of aromatic nitrogens is 2. The molecule has 0 fully saturated rings. The lowest BCUT2D eigenvalue weighted by atomic mass is 10.1. The van der Waals surface area contributed by atoms with E-state index >= 15 is 0 Å². The van der Waals surface area contributed by atoms with Crippen LogP contribution in [0, 0.1) is 0 Å². The van der Waals surface area contributed by atoms with Gasteiger partial charge in [-0.05, 0) is 17.0 Å². The number of nitrogens with one attached hydrogen (secondary N) is 1. The lowest BCUT2D eigenvalue weighted by Gasteiger charge is -2.09. The molecule has 0 spiro atoms. The summed E-state index contributed by atoms with van der Waals surface area (Å²) in [5.74, 6) is 1.82. The van der Waals surface area contributed by atoms with E-state index in [2.05, 4.69) is 41.3 Å². The van der Waals surface area contributed by atoms with Gasteiger partial charge >= 0.3 is 0 Å². The molecule has 1 aromatic carbocycles. The predicted molar refractivity (Wildman–Crippen MR) is 79.4 cm³/mol. The zero-order chi connectivity index (χ0) is 13.7. The van der Waals surface area contributed by atoms with E-state index in [4.69, 9.17) is 11.6 Å². The van der Waals surface area contributed by atoms with Gasteiger partial charge in [0.2, 0.25) is 0 Å². The summed E-state index contributed by atoms with van der Waals surface area (Å²) in [5, 5.41) is 3.31. The maximum Gasteiger partial charge on any atom is 0.129 e. The lowest BCUT2D eigenvalue weighted by Crippen LogP contribution is -2.03. The van der Waals surface area contributed by atoms with E-state index in [9.17, 15) is 0 Å². The quantitative estimate of drug-likeness (QED) is 0.840. The average molecular weight is 276 g/mol. The number of rotatable bonds is 5. The highest BCUT2D eigenvalue weighted by Crippen LogP contribution is 2.14. The highest BCUT2D eigenvalue weighted by atomic mass is 35.5. The lowest BCUT2D eigenvalue weighted by molar-refractivity contribution is 0.814. The maximum absolute atomic E-state index is 5.77. The SMILES string of the molecule is CC(C)c1cc(NCc2ccc(CCl)cc2)ncn1. The minimum atomic E-state index is 0.409. The Hall–Kier alpha value is -1.61. The third kappa shape index (κ3) is 3.93. The first-order chi connectivity index (χ1) is 9.19. The molecule has 19 heavy (non-hydrogen) atoms. The molecule has 0 saturated carbocycles. The monoisotopic (exact) mass is 275 g/mol. The summed E-state index contributed by atoms with van der Waals surface area (Å²) < 4.78 is 0. The van der Waals surface area contributed by atoms with Crippen molar-refractivity contribution < 1.29 is 0 Å². The summed E-state index contributed by atoms with van der Waals surface area (Å²) >= 11 is 5.77. The molecular formula is C15H18ClN3. The number of hydrogen-bond acceptors (Lipinski definition) is 3. The minimum Gasteiger partial charge on any atom is -0.366 e. The summed E-state index contributed by atoms with van der Waals surface area (Å²) in [6.45, 7) is 4.99. The van der Waals surface area contributed by atoms with Gasteiger partial charge in [0, 0.05) is 24.2 Å². The topological polar surface area (TPSA) is 37.8 Å². The second-order valence-electron chi connectivity index (χ2n) is 4.79. The van der Waals surface area contributed by atoms with Crippen LogP contribution in [0.2, 0.25) is 0 Å². The third-order valence-corrected chi connectivity index (χ3v) is 3.24. The van der Waals surface area contributed by atoms with Crippen LogP contribution in [0.5, 0.6) is 0 Å². The Labute approximate surface area is 119 Å². The van der Waals surface area contributed by atoms with E-state index < -0.39 is 0 Å². The van der Waals surface area contributed by atoms with Crippen molar-refractivity contribution in [3.05, 3.63) is 53.5 Å². The highest BCUT2D eigenvalue weighted by Gasteiger charge is 2.02. The molecule has 2 rings (SSSR count). The van der Waals surface area contributed by atoms with Crippen LogP contribution in [-0.2, 0) is 12.4 Å². The van der Waals surface area contributed by atoms with Crippen molar-refractivity contribution in [2.24, 2.45) is 0 Å². The largest absolute Gasteiger partial charge is 0.366 e. The van der Waals surface area contributed by atoms with Crippen molar-refractivity contribution in [1.82, 2.24) is 9.97 Å². The molecule has 1 aromatic heterocycles. The standard InChI is InChI=1S/C15H18ClN3/c1-11(2)14-7-15(19-10-18-14)17-9-13-5-3-12(8-16)4-6-13/h3-7,10-11H,8-9H2,1-2H3,(H,17,18,19). The van der Waals surface area contributed by atoms with E-state index in [0.29, 0.717) is 11.8 Å². The molecule has 100 valence electrons. The molecule has 3 nitrogen and oxygen atoms in total. The number of alkyl halides is 1. The first kappa shape index (κ1) is 13.8. The van der Waals surface area contributed by atoms with Crippen molar-refractivity contribution in [1.29, 1.82) is 0 Å². The van der Waals surface area contributed by atoms with Crippen molar-refractivity contribution in [2.75, 3.05) is 5.32 Å². The second-order valence-corrected chi connectivity index (χ2v) is 5.05.